The monoisotopic (exact) mass is 298 g/mol. The Morgan fingerprint density at radius 1 is 1.14 bits per heavy atom. The minimum Gasteiger partial charge on any atom is -0.480 e. The van der Waals surface area contributed by atoms with Crippen LogP contribution in [0.5, 0.6) is 0 Å². The summed E-state index contributed by atoms with van der Waals surface area (Å²) < 4.78 is 13.2. The summed E-state index contributed by atoms with van der Waals surface area (Å²) in [5, 5.41) is 17.5. The maximum absolute atomic E-state index is 13.2. The van der Waals surface area contributed by atoms with Gasteiger partial charge in [-0.25, -0.2) is 9.18 Å². The first-order valence-corrected chi connectivity index (χ1v) is 6.10. The van der Waals surface area contributed by atoms with Crippen LogP contribution in [0.15, 0.2) is 24.3 Å². The summed E-state index contributed by atoms with van der Waals surface area (Å²) in [7, 11) is 0. The molecular weight excluding hydrogens is 283 g/mol. The molecule has 0 aliphatic rings. The van der Waals surface area contributed by atoms with Crippen LogP contribution in [0, 0.1) is 5.82 Å². The first kappa shape index (κ1) is 16.4. The lowest BCUT2D eigenvalue weighted by atomic mass is 10.3. The van der Waals surface area contributed by atoms with Gasteiger partial charge in [-0.1, -0.05) is 6.07 Å². The van der Waals surface area contributed by atoms with Crippen molar-refractivity contribution in [1.29, 1.82) is 0 Å². The average molecular weight is 298 g/mol. The van der Waals surface area contributed by atoms with E-state index in [0.29, 0.717) is 4.90 Å². The first-order valence-electron chi connectivity index (χ1n) is 6.10. The van der Waals surface area contributed by atoms with Gasteiger partial charge in [0, 0.05) is 12.2 Å². The molecule has 0 bridgehead atoms. The highest BCUT2D eigenvalue weighted by atomic mass is 19.1. The van der Waals surface area contributed by atoms with Crippen molar-refractivity contribution in [3.8, 4) is 0 Å². The van der Waals surface area contributed by atoms with E-state index >= 15 is 0 Å². The van der Waals surface area contributed by atoms with Gasteiger partial charge in [0.15, 0.2) is 0 Å². The SMILES string of the molecule is CCN(C(=O)N(CC(=O)O)CC(=O)O)c1cccc(F)c1. The summed E-state index contributed by atoms with van der Waals surface area (Å²) >= 11 is 0. The van der Waals surface area contributed by atoms with Crippen LogP contribution < -0.4 is 4.90 Å². The van der Waals surface area contributed by atoms with Crippen molar-refractivity contribution in [3.63, 3.8) is 0 Å². The Balaban J connectivity index is 3.02. The Morgan fingerprint density at radius 3 is 2.14 bits per heavy atom. The van der Waals surface area contributed by atoms with Gasteiger partial charge in [-0.05, 0) is 25.1 Å². The van der Waals surface area contributed by atoms with E-state index in [4.69, 9.17) is 10.2 Å². The van der Waals surface area contributed by atoms with Crippen LogP contribution in [-0.4, -0.2) is 52.7 Å². The fourth-order valence-corrected chi connectivity index (χ4v) is 1.76. The van der Waals surface area contributed by atoms with Crippen molar-refractivity contribution in [3.05, 3.63) is 30.1 Å². The predicted molar refractivity (Wildman–Crippen MR) is 71.7 cm³/mol. The quantitative estimate of drug-likeness (QED) is 0.823. The Morgan fingerprint density at radius 2 is 1.71 bits per heavy atom. The van der Waals surface area contributed by atoms with Gasteiger partial charge in [0.2, 0.25) is 0 Å². The fourth-order valence-electron chi connectivity index (χ4n) is 1.76. The van der Waals surface area contributed by atoms with Crippen LogP contribution in [0.2, 0.25) is 0 Å². The Labute approximate surface area is 120 Å². The molecule has 1 aromatic carbocycles. The third-order valence-electron chi connectivity index (χ3n) is 2.59. The van der Waals surface area contributed by atoms with Crippen molar-refractivity contribution < 1.29 is 29.0 Å². The second-order valence-electron chi connectivity index (χ2n) is 4.15. The van der Waals surface area contributed by atoms with E-state index < -0.39 is 36.9 Å². The molecule has 1 rings (SSSR count). The van der Waals surface area contributed by atoms with Crippen LogP contribution >= 0.6 is 0 Å². The standard InChI is InChI=1S/C13H15FN2O5/c1-2-16(10-5-3-4-9(14)6-10)13(21)15(7-11(17)18)8-12(19)20/h3-6H,2,7-8H2,1H3,(H,17,18)(H,19,20). The highest BCUT2D eigenvalue weighted by molar-refractivity contribution is 5.95. The number of halogens is 1. The van der Waals surface area contributed by atoms with E-state index in [9.17, 15) is 18.8 Å². The van der Waals surface area contributed by atoms with Crippen molar-refractivity contribution in [2.45, 2.75) is 6.92 Å². The summed E-state index contributed by atoms with van der Waals surface area (Å²) in [4.78, 5) is 35.5. The molecule has 0 aliphatic heterocycles. The topological polar surface area (TPSA) is 98.2 Å². The summed E-state index contributed by atoms with van der Waals surface area (Å²) in [5.41, 5.74) is 0.225. The van der Waals surface area contributed by atoms with Gasteiger partial charge in [0.1, 0.15) is 18.9 Å². The van der Waals surface area contributed by atoms with Gasteiger partial charge in [-0.15, -0.1) is 0 Å². The molecule has 0 aromatic heterocycles. The van der Waals surface area contributed by atoms with Crippen LogP contribution in [0.1, 0.15) is 6.92 Å². The lowest BCUT2D eigenvalue weighted by molar-refractivity contribution is -0.140. The van der Waals surface area contributed by atoms with Gasteiger partial charge in [-0.2, -0.15) is 0 Å². The van der Waals surface area contributed by atoms with Crippen LogP contribution in [-0.2, 0) is 9.59 Å². The van der Waals surface area contributed by atoms with Crippen LogP contribution in [0.3, 0.4) is 0 Å². The highest BCUT2D eigenvalue weighted by Gasteiger charge is 2.25. The first-order chi connectivity index (χ1) is 9.85. The Bertz CT molecular complexity index is 533. The number of benzene rings is 1. The number of aliphatic carboxylic acids is 2. The molecule has 0 aliphatic carbocycles. The highest BCUT2D eigenvalue weighted by Crippen LogP contribution is 2.17. The zero-order chi connectivity index (χ0) is 16.0. The van der Waals surface area contributed by atoms with E-state index in [0.717, 1.165) is 11.0 Å². The number of anilines is 1. The third-order valence-corrected chi connectivity index (χ3v) is 2.59. The molecule has 7 nitrogen and oxygen atoms in total. The molecule has 0 saturated carbocycles. The zero-order valence-corrected chi connectivity index (χ0v) is 11.3. The summed E-state index contributed by atoms with van der Waals surface area (Å²) in [5.74, 6) is -3.22. The molecular formula is C13H15FN2O5. The van der Waals surface area contributed by atoms with E-state index in [1.165, 1.54) is 18.2 Å². The minimum absolute atomic E-state index is 0.137. The smallest absolute Gasteiger partial charge is 0.325 e. The summed E-state index contributed by atoms with van der Waals surface area (Å²) in [6.07, 6.45) is 0. The van der Waals surface area contributed by atoms with Gasteiger partial charge in [0.25, 0.3) is 0 Å². The maximum atomic E-state index is 13.2. The minimum atomic E-state index is -1.33. The van der Waals surface area contributed by atoms with E-state index in [2.05, 4.69) is 0 Å². The molecule has 0 fully saturated rings. The molecule has 0 radical (unpaired) electrons. The van der Waals surface area contributed by atoms with E-state index in [1.54, 1.807) is 6.92 Å². The van der Waals surface area contributed by atoms with Crippen LogP contribution in [0.4, 0.5) is 14.9 Å². The fraction of sp³-hybridized carbons (Fsp3) is 0.308. The second-order valence-corrected chi connectivity index (χ2v) is 4.15. The molecule has 1 aromatic rings. The van der Waals surface area contributed by atoms with Crippen LogP contribution in [0.25, 0.3) is 0 Å². The number of carboxylic acid groups (broad SMARTS) is 2. The van der Waals surface area contributed by atoms with Gasteiger partial charge >= 0.3 is 18.0 Å². The lowest BCUT2D eigenvalue weighted by Crippen LogP contribution is -2.47. The lowest BCUT2D eigenvalue weighted by Gasteiger charge is -2.28. The second kappa shape index (κ2) is 7.22. The normalized spacial score (nSPS) is 10.0. The summed E-state index contributed by atoms with van der Waals surface area (Å²) in [6.45, 7) is 0.244. The van der Waals surface area contributed by atoms with Gasteiger partial charge in [0.05, 0.1) is 0 Å². The maximum Gasteiger partial charge on any atom is 0.325 e. The molecule has 0 unspecified atom stereocenters. The zero-order valence-electron chi connectivity index (χ0n) is 11.3. The number of hydrogen-bond acceptors (Lipinski definition) is 3. The molecule has 0 saturated heterocycles. The number of carboxylic acids is 2. The number of nitrogens with zero attached hydrogens (tertiary/aromatic N) is 2. The molecule has 0 spiro atoms. The molecule has 8 heteroatoms. The number of rotatable bonds is 6. The molecule has 0 atom stereocenters. The third kappa shape index (κ3) is 4.75. The van der Waals surface area contributed by atoms with Gasteiger partial charge in [-0.3, -0.25) is 14.5 Å². The summed E-state index contributed by atoms with van der Waals surface area (Å²) in [6, 6.07) is 4.38. The number of carbonyl (C=O) groups is 3. The predicted octanol–water partition coefficient (Wildman–Crippen LogP) is 1.24. The molecule has 2 N–H and O–H groups in total. The van der Waals surface area contributed by atoms with E-state index in [-0.39, 0.29) is 12.2 Å². The van der Waals surface area contributed by atoms with E-state index in [1.807, 2.05) is 0 Å². The largest absolute Gasteiger partial charge is 0.480 e. The molecule has 2 amide bonds. The number of amides is 2. The van der Waals surface area contributed by atoms with Crippen molar-refractivity contribution in [2.24, 2.45) is 0 Å². The van der Waals surface area contributed by atoms with Gasteiger partial charge < -0.3 is 15.1 Å². The van der Waals surface area contributed by atoms with Crippen molar-refractivity contribution in [2.75, 3.05) is 24.5 Å². The number of carbonyl (C=O) groups excluding carboxylic acids is 1. The molecule has 114 valence electrons. The Hall–Kier alpha value is -2.64. The average Bonchev–Trinajstić information content (AvgIpc) is 2.37. The number of hydrogen-bond donors (Lipinski definition) is 2. The Kier molecular flexibility index (Phi) is 5.65. The molecule has 0 heterocycles. The molecule has 21 heavy (non-hydrogen) atoms. The van der Waals surface area contributed by atoms with Crippen molar-refractivity contribution in [1.82, 2.24) is 4.90 Å². The van der Waals surface area contributed by atoms with Crippen molar-refractivity contribution >= 4 is 23.7 Å². The number of urea groups is 1.